The molecule has 0 amide bonds. The quantitative estimate of drug-likeness (QED) is 0.469. The largest absolute Gasteiger partial charge is 0.478 e. The highest BCUT2D eigenvalue weighted by Gasteiger charge is 2.07. The minimum atomic E-state index is -1.04. The Labute approximate surface area is 92.2 Å². The van der Waals surface area contributed by atoms with E-state index in [2.05, 4.69) is 6.58 Å². The van der Waals surface area contributed by atoms with Crippen LogP contribution in [-0.4, -0.2) is 16.0 Å². The zero-order valence-corrected chi connectivity index (χ0v) is 8.55. The van der Waals surface area contributed by atoms with Crippen molar-refractivity contribution in [3.63, 3.8) is 0 Å². The predicted octanol–water partition coefficient (Wildman–Crippen LogP) is 2.17. The zero-order chi connectivity index (χ0) is 12.1. The molecule has 0 fully saturated rings. The van der Waals surface area contributed by atoms with Gasteiger partial charge in [-0.05, 0) is 18.4 Å². The average molecular weight is 221 g/mol. The van der Waals surface area contributed by atoms with Crippen LogP contribution in [0.25, 0.3) is 0 Å². The molecule has 0 saturated heterocycles. The number of carbonyl (C=O) groups is 1. The van der Waals surface area contributed by atoms with E-state index in [4.69, 9.17) is 5.11 Å². The number of carboxylic acids is 1. The van der Waals surface area contributed by atoms with Crippen molar-refractivity contribution in [2.45, 2.75) is 12.8 Å². The first-order valence-corrected chi connectivity index (χ1v) is 4.65. The molecule has 0 aliphatic rings. The fourth-order valence-corrected chi connectivity index (χ4v) is 1.23. The number of nitro benzene ring substituents is 1. The Kier molecular flexibility index (Phi) is 3.77. The van der Waals surface area contributed by atoms with Gasteiger partial charge in [0, 0.05) is 17.7 Å². The molecule has 0 saturated carbocycles. The molecule has 16 heavy (non-hydrogen) atoms. The lowest BCUT2D eigenvalue weighted by molar-refractivity contribution is -0.384. The number of rotatable bonds is 5. The van der Waals surface area contributed by atoms with Crippen molar-refractivity contribution in [2.75, 3.05) is 0 Å². The van der Waals surface area contributed by atoms with E-state index in [1.165, 1.54) is 12.1 Å². The molecule has 5 heteroatoms. The predicted molar refractivity (Wildman–Crippen MR) is 58.2 cm³/mol. The number of aryl methyl sites for hydroxylation is 1. The topological polar surface area (TPSA) is 80.4 Å². The molecular formula is C11H11NO4. The minimum absolute atomic E-state index is 0.0124. The maximum atomic E-state index is 10.5. The number of nitro groups is 1. The van der Waals surface area contributed by atoms with Gasteiger partial charge < -0.3 is 5.11 Å². The maximum absolute atomic E-state index is 10.5. The van der Waals surface area contributed by atoms with Gasteiger partial charge in [0.15, 0.2) is 0 Å². The summed E-state index contributed by atoms with van der Waals surface area (Å²) >= 11 is 0. The molecule has 0 heterocycles. The zero-order valence-electron chi connectivity index (χ0n) is 8.55. The third kappa shape index (κ3) is 3.20. The number of non-ortho nitro benzene ring substituents is 1. The summed E-state index contributed by atoms with van der Waals surface area (Å²) < 4.78 is 0. The van der Waals surface area contributed by atoms with Crippen LogP contribution in [-0.2, 0) is 11.2 Å². The van der Waals surface area contributed by atoms with E-state index in [0.717, 1.165) is 5.56 Å². The maximum Gasteiger partial charge on any atom is 0.330 e. The van der Waals surface area contributed by atoms with Crippen molar-refractivity contribution in [3.05, 3.63) is 52.1 Å². The molecule has 0 unspecified atom stereocenters. The highest BCUT2D eigenvalue weighted by Crippen LogP contribution is 2.15. The second-order valence-electron chi connectivity index (χ2n) is 3.34. The third-order valence-corrected chi connectivity index (χ3v) is 2.14. The van der Waals surface area contributed by atoms with E-state index < -0.39 is 10.9 Å². The van der Waals surface area contributed by atoms with Crippen molar-refractivity contribution in [3.8, 4) is 0 Å². The number of hydrogen-bond donors (Lipinski definition) is 1. The molecule has 0 spiro atoms. The fraction of sp³-hybridized carbons (Fsp3) is 0.182. The van der Waals surface area contributed by atoms with Gasteiger partial charge in [0.25, 0.3) is 5.69 Å². The molecule has 1 aromatic carbocycles. The third-order valence-electron chi connectivity index (χ3n) is 2.14. The molecular weight excluding hydrogens is 210 g/mol. The van der Waals surface area contributed by atoms with Gasteiger partial charge in [0.05, 0.1) is 4.92 Å². The lowest BCUT2D eigenvalue weighted by Gasteiger charge is -2.01. The van der Waals surface area contributed by atoms with Crippen molar-refractivity contribution >= 4 is 11.7 Å². The smallest absolute Gasteiger partial charge is 0.330 e. The van der Waals surface area contributed by atoms with Crippen LogP contribution in [0, 0.1) is 10.1 Å². The van der Waals surface area contributed by atoms with Crippen LogP contribution in [0.4, 0.5) is 5.69 Å². The summed E-state index contributed by atoms with van der Waals surface area (Å²) in [6, 6.07) is 6.14. The Hall–Kier alpha value is -2.17. The van der Waals surface area contributed by atoms with Gasteiger partial charge in [0.1, 0.15) is 0 Å². The lowest BCUT2D eigenvalue weighted by atomic mass is 10.1. The molecule has 0 aromatic heterocycles. The van der Waals surface area contributed by atoms with Crippen LogP contribution in [0.2, 0.25) is 0 Å². The van der Waals surface area contributed by atoms with E-state index in [0.29, 0.717) is 6.42 Å². The van der Waals surface area contributed by atoms with Gasteiger partial charge in [0.2, 0.25) is 0 Å². The van der Waals surface area contributed by atoms with Crippen molar-refractivity contribution in [1.29, 1.82) is 0 Å². The summed E-state index contributed by atoms with van der Waals surface area (Å²) in [5.74, 6) is -1.04. The first-order chi connectivity index (χ1) is 7.50. The normalized spacial score (nSPS) is 9.75. The van der Waals surface area contributed by atoms with E-state index in [9.17, 15) is 14.9 Å². The number of hydrogen-bond acceptors (Lipinski definition) is 3. The van der Waals surface area contributed by atoms with E-state index in [1.54, 1.807) is 12.1 Å². The Morgan fingerprint density at radius 3 is 2.75 bits per heavy atom. The van der Waals surface area contributed by atoms with Crippen molar-refractivity contribution in [1.82, 2.24) is 0 Å². The van der Waals surface area contributed by atoms with Gasteiger partial charge in [-0.15, -0.1) is 0 Å². The summed E-state index contributed by atoms with van der Waals surface area (Å²) in [5, 5.41) is 19.1. The highest BCUT2D eigenvalue weighted by molar-refractivity contribution is 5.85. The summed E-state index contributed by atoms with van der Waals surface area (Å²) in [4.78, 5) is 20.5. The van der Waals surface area contributed by atoms with E-state index >= 15 is 0 Å². The van der Waals surface area contributed by atoms with Crippen molar-refractivity contribution in [2.24, 2.45) is 0 Å². The fourth-order valence-electron chi connectivity index (χ4n) is 1.23. The van der Waals surface area contributed by atoms with E-state index in [1.807, 2.05) is 0 Å². The molecule has 0 aliphatic carbocycles. The summed E-state index contributed by atoms with van der Waals surface area (Å²) in [6.07, 6.45) is 0.726. The molecule has 1 rings (SSSR count). The van der Waals surface area contributed by atoms with Crippen LogP contribution in [0.5, 0.6) is 0 Å². The number of benzene rings is 1. The number of nitrogens with zero attached hydrogens (tertiary/aromatic N) is 1. The second kappa shape index (κ2) is 5.06. The Bertz CT molecular complexity index is 439. The SMILES string of the molecule is C=C(CCc1cccc([N+](=O)[O-])c1)C(=O)O. The Balaban J connectivity index is 2.68. The van der Waals surface area contributed by atoms with Gasteiger partial charge in [-0.1, -0.05) is 18.7 Å². The average Bonchev–Trinajstić information content (AvgIpc) is 2.26. The molecule has 84 valence electrons. The van der Waals surface area contributed by atoms with E-state index in [-0.39, 0.29) is 17.7 Å². The first-order valence-electron chi connectivity index (χ1n) is 4.65. The van der Waals surface area contributed by atoms with Crippen LogP contribution in [0.1, 0.15) is 12.0 Å². The van der Waals surface area contributed by atoms with Gasteiger partial charge >= 0.3 is 5.97 Å². The van der Waals surface area contributed by atoms with Crippen LogP contribution in [0.3, 0.4) is 0 Å². The molecule has 1 N–H and O–H groups in total. The van der Waals surface area contributed by atoms with Gasteiger partial charge in [-0.2, -0.15) is 0 Å². The first kappa shape index (κ1) is 11.9. The molecule has 0 aliphatic heterocycles. The minimum Gasteiger partial charge on any atom is -0.478 e. The van der Waals surface area contributed by atoms with Gasteiger partial charge in [-0.25, -0.2) is 4.79 Å². The molecule has 0 bridgehead atoms. The summed E-state index contributed by atoms with van der Waals surface area (Å²) in [7, 11) is 0. The van der Waals surface area contributed by atoms with Crippen LogP contribution < -0.4 is 0 Å². The Morgan fingerprint density at radius 2 is 2.19 bits per heavy atom. The Morgan fingerprint density at radius 1 is 1.50 bits per heavy atom. The standard InChI is InChI=1S/C11H11NO4/c1-8(11(13)14)5-6-9-3-2-4-10(7-9)12(15)16/h2-4,7H,1,5-6H2,(H,13,14). The lowest BCUT2D eigenvalue weighted by Crippen LogP contribution is -2.00. The highest BCUT2D eigenvalue weighted by atomic mass is 16.6. The molecule has 0 atom stereocenters. The monoisotopic (exact) mass is 221 g/mol. The van der Waals surface area contributed by atoms with Crippen molar-refractivity contribution < 1.29 is 14.8 Å². The molecule has 1 aromatic rings. The summed E-state index contributed by atoms with van der Waals surface area (Å²) in [6.45, 7) is 3.39. The van der Waals surface area contributed by atoms with Crippen LogP contribution in [0.15, 0.2) is 36.4 Å². The second-order valence-corrected chi connectivity index (χ2v) is 3.34. The molecule has 0 radical (unpaired) electrons. The van der Waals surface area contributed by atoms with Crippen LogP contribution >= 0.6 is 0 Å². The summed E-state index contributed by atoms with van der Waals surface area (Å²) in [5.41, 5.74) is 0.849. The number of carboxylic acid groups (broad SMARTS) is 1. The molecule has 5 nitrogen and oxygen atoms in total. The van der Waals surface area contributed by atoms with Gasteiger partial charge in [-0.3, -0.25) is 10.1 Å². The number of aliphatic carboxylic acids is 1.